The normalized spacial score (nSPS) is 10.9. The van der Waals surface area contributed by atoms with Gasteiger partial charge in [-0.1, -0.05) is 18.2 Å². The first kappa shape index (κ1) is 11.0. The Hall–Kier alpha value is -2.14. The molecule has 0 aliphatic heterocycles. The molecule has 1 N–H and O–H groups in total. The number of carboxylic acids is 1. The molecule has 1 aromatic carbocycles. The van der Waals surface area contributed by atoms with Crippen LogP contribution in [0.25, 0.3) is 10.1 Å². The number of nitrogens with zero attached hydrogens (tertiary/aromatic N) is 2. The molecule has 4 nitrogen and oxygen atoms in total. The monoisotopic (exact) mass is 258 g/mol. The predicted octanol–water partition coefficient (Wildman–Crippen LogP) is 2.84. The number of thiophene rings is 1. The van der Waals surface area contributed by atoms with E-state index in [1.807, 2.05) is 29.0 Å². The van der Waals surface area contributed by atoms with E-state index in [9.17, 15) is 4.79 Å². The summed E-state index contributed by atoms with van der Waals surface area (Å²) in [7, 11) is 0. The minimum absolute atomic E-state index is 0.377. The van der Waals surface area contributed by atoms with Gasteiger partial charge in [-0.05, 0) is 5.56 Å². The molecule has 0 aliphatic carbocycles. The molecule has 0 unspecified atom stereocenters. The Labute approximate surface area is 107 Å². The van der Waals surface area contributed by atoms with E-state index in [4.69, 9.17) is 5.11 Å². The van der Waals surface area contributed by atoms with Crippen molar-refractivity contribution in [2.45, 2.75) is 6.54 Å². The van der Waals surface area contributed by atoms with Crippen LogP contribution in [-0.2, 0) is 6.54 Å². The summed E-state index contributed by atoms with van der Waals surface area (Å²) in [5, 5.41) is 11.6. The van der Waals surface area contributed by atoms with Gasteiger partial charge in [-0.3, -0.25) is 0 Å². The topological polar surface area (TPSA) is 55.1 Å². The lowest BCUT2D eigenvalue weighted by Gasteiger charge is -2.04. The summed E-state index contributed by atoms with van der Waals surface area (Å²) in [6, 6.07) is 5.77. The molecular weight excluding hydrogens is 248 g/mol. The molecule has 90 valence electrons. The molecule has 3 aromatic rings. The van der Waals surface area contributed by atoms with Crippen molar-refractivity contribution < 1.29 is 9.90 Å². The number of hydrogen-bond donors (Lipinski definition) is 1. The first-order valence-electron chi connectivity index (χ1n) is 5.44. The summed E-state index contributed by atoms with van der Waals surface area (Å²) in [6.45, 7) is 0.705. The van der Waals surface area contributed by atoms with Crippen molar-refractivity contribution in [2.75, 3.05) is 0 Å². The smallest absolute Gasteiger partial charge is 0.337 e. The van der Waals surface area contributed by atoms with Gasteiger partial charge in [-0.15, -0.1) is 11.3 Å². The highest BCUT2D eigenvalue weighted by Crippen LogP contribution is 2.29. The van der Waals surface area contributed by atoms with Gasteiger partial charge in [0.25, 0.3) is 0 Å². The summed E-state index contributed by atoms with van der Waals surface area (Å²) in [4.78, 5) is 15.1. The minimum atomic E-state index is -0.874. The summed E-state index contributed by atoms with van der Waals surface area (Å²) >= 11 is 1.48. The maximum atomic E-state index is 11.1. The predicted molar refractivity (Wildman–Crippen MR) is 70.1 cm³/mol. The Bertz CT molecular complexity index is 701. The number of carboxylic acid groups (broad SMARTS) is 1. The van der Waals surface area contributed by atoms with Crippen molar-refractivity contribution in [3.63, 3.8) is 0 Å². The summed E-state index contributed by atoms with van der Waals surface area (Å²) in [5.41, 5.74) is 1.49. The highest BCUT2D eigenvalue weighted by molar-refractivity contribution is 7.17. The van der Waals surface area contributed by atoms with Crippen LogP contribution in [-0.4, -0.2) is 20.6 Å². The second-order valence-electron chi connectivity index (χ2n) is 3.98. The third kappa shape index (κ3) is 1.78. The molecule has 0 amide bonds. The average Bonchev–Trinajstić information content (AvgIpc) is 2.97. The van der Waals surface area contributed by atoms with Crippen LogP contribution in [0, 0.1) is 0 Å². The maximum absolute atomic E-state index is 11.1. The number of benzene rings is 1. The Morgan fingerprint density at radius 3 is 3.06 bits per heavy atom. The lowest BCUT2D eigenvalue weighted by molar-refractivity contribution is 0.0699. The van der Waals surface area contributed by atoms with Gasteiger partial charge in [0.1, 0.15) is 0 Å². The molecule has 2 aromatic heterocycles. The van der Waals surface area contributed by atoms with Crippen LogP contribution in [0.5, 0.6) is 0 Å². The van der Waals surface area contributed by atoms with Crippen LogP contribution in [0.2, 0.25) is 0 Å². The first-order valence-corrected chi connectivity index (χ1v) is 6.32. The molecule has 0 aliphatic rings. The third-order valence-corrected chi connectivity index (χ3v) is 3.90. The van der Waals surface area contributed by atoms with Crippen LogP contribution < -0.4 is 0 Å². The standard InChI is InChI=1S/C13H10N2O2S/c16-13(17)11-7-18-12-9(2-1-3-10(11)12)6-15-5-4-14-8-15/h1-5,7-8H,6H2,(H,16,17). The third-order valence-electron chi connectivity index (χ3n) is 2.82. The Balaban J connectivity index is 2.10. The molecule has 0 fully saturated rings. The zero-order chi connectivity index (χ0) is 12.5. The Morgan fingerprint density at radius 2 is 2.33 bits per heavy atom. The number of aromatic nitrogens is 2. The van der Waals surface area contributed by atoms with Gasteiger partial charge in [-0.2, -0.15) is 0 Å². The van der Waals surface area contributed by atoms with E-state index >= 15 is 0 Å². The number of imidazole rings is 1. The van der Waals surface area contributed by atoms with Crippen LogP contribution >= 0.6 is 11.3 Å². The van der Waals surface area contributed by atoms with Crippen LogP contribution in [0.1, 0.15) is 15.9 Å². The summed E-state index contributed by atoms with van der Waals surface area (Å²) in [5.74, 6) is -0.874. The van der Waals surface area contributed by atoms with Gasteiger partial charge in [0.2, 0.25) is 0 Å². The lowest BCUT2D eigenvalue weighted by Crippen LogP contribution is -1.97. The number of aromatic carboxylic acids is 1. The fraction of sp³-hybridized carbons (Fsp3) is 0.0769. The Kier molecular flexibility index (Phi) is 2.60. The fourth-order valence-electron chi connectivity index (χ4n) is 1.98. The molecule has 0 atom stereocenters. The van der Waals surface area contributed by atoms with E-state index in [0.717, 1.165) is 15.6 Å². The maximum Gasteiger partial charge on any atom is 0.337 e. The fourth-order valence-corrected chi connectivity index (χ4v) is 3.04. The molecule has 0 spiro atoms. The molecule has 5 heteroatoms. The van der Waals surface area contributed by atoms with Crippen molar-refractivity contribution in [1.82, 2.24) is 9.55 Å². The van der Waals surface area contributed by atoms with Crippen molar-refractivity contribution >= 4 is 27.4 Å². The van der Waals surface area contributed by atoms with Gasteiger partial charge in [0.05, 0.1) is 11.9 Å². The van der Waals surface area contributed by atoms with Crippen LogP contribution in [0.3, 0.4) is 0 Å². The van der Waals surface area contributed by atoms with E-state index in [1.165, 1.54) is 11.3 Å². The number of rotatable bonds is 3. The molecule has 2 heterocycles. The quantitative estimate of drug-likeness (QED) is 0.786. The summed E-state index contributed by atoms with van der Waals surface area (Å²) < 4.78 is 3.00. The van der Waals surface area contributed by atoms with Crippen LogP contribution in [0.15, 0.2) is 42.3 Å². The summed E-state index contributed by atoms with van der Waals surface area (Å²) in [6.07, 6.45) is 5.38. The number of carbonyl (C=O) groups is 1. The highest BCUT2D eigenvalue weighted by Gasteiger charge is 2.12. The van der Waals surface area contributed by atoms with E-state index in [0.29, 0.717) is 12.1 Å². The molecule has 3 rings (SSSR count). The van der Waals surface area contributed by atoms with Crippen molar-refractivity contribution in [3.05, 3.63) is 53.4 Å². The molecule has 0 radical (unpaired) electrons. The molecule has 0 saturated heterocycles. The van der Waals surface area contributed by atoms with Gasteiger partial charge < -0.3 is 9.67 Å². The SMILES string of the molecule is O=C(O)c1csc2c(Cn3ccnc3)cccc12. The second-order valence-corrected chi connectivity index (χ2v) is 4.86. The number of hydrogen-bond acceptors (Lipinski definition) is 3. The largest absolute Gasteiger partial charge is 0.478 e. The average molecular weight is 258 g/mol. The zero-order valence-electron chi connectivity index (χ0n) is 9.41. The first-order chi connectivity index (χ1) is 8.75. The minimum Gasteiger partial charge on any atom is -0.478 e. The molecule has 0 saturated carbocycles. The van der Waals surface area contributed by atoms with Crippen molar-refractivity contribution in [3.8, 4) is 0 Å². The second kappa shape index (κ2) is 4.27. The zero-order valence-corrected chi connectivity index (χ0v) is 10.2. The van der Waals surface area contributed by atoms with E-state index in [2.05, 4.69) is 4.98 Å². The van der Waals surface area contributed by atoms with E-state index < -0.39 is 5.97 Å². The van der Waals surface area contributed by atoms with Gasteiger partial charge in [-0.25, -0.2) is 9.78 Å². The Morgan fingerprint density at radius 1 is 1.44 bits per heavy atom. The van der Waals surface area contributed by atoms with Crippen molar-refractivity contribution in [2.24, 2.45) is 0 Å². The van der Waals surface area contributed by atoms with Crippen LogP contribution in [0.4, 0.5) is 0 Å². The van der Waals surface area contributed by atoms with E-state index in [1.54, 1.807) is 17.9 Å². The lowest BCUT2D eigenvalue weighted by atomic mass is 10.1. The number of fused-ring (bicyclic) bond motifs is 1. The van der Waals surface area contributed by atoms with E-state index in [-0.39, 0.29) is 0 Å². The molecular formula is C13H10N2O2S. The van der Waals surface area contributed by atoms with Gasteiger partial charge >= 0.3 is 5.97 Å². The highest BCUT2D eigenvalue weighted by atomic mass is 32.1. The molecule has 18 heavy (non-hydrogen) atoms. The van der Waals surface area contributed by atoms with Gasteiger partial charge in [0, 0.05) is 34.4 Å². The van der Waals surface area contributed by atoms with Crippen molar-refractivity contribution in [1.29, 1.82) is 0 Å². The molecule has 0 bridgehead atoms. The van der Waals surface area contributed by atoms with Gasteiger partial charge in [0.15, 0.2) is 0 Å².